The maximum atomic E-state index is 2.54. The Bertz CT molecular complexity index is 711. The molecule has 0 aromatic heterocycles. The van der Waals surface area contributed by atoms with E-state index in [4.69, 9.17) is 0 Å². The predicted molar refractivity (Wildman–Crippen MR) is 178 cm³/mol. The second-order valence-electron chi connectivity index (χ2n) is 14.1. The second-order valence-corrected chi connectivity index (χ2v) is 21.9. The summed E-state index contributed by atoms with van der Waals surface area (Å²) in [4.78, 5) is 0. The number of benzene rings is 1. The van der Waals surface area contributed by atoms with Crippen molar-refractivity contribution in [3.05, 3.63) is 35.9 Å². The monoisotopic (exact) mass is 835 g/mol. The van der Waals surface area contributed by atoms with Crippen molar-refractivity contribution in [1.29, 1.82) is 0 Å². The van der Waals surface area contributed by atoms with Crippen LogP contribution in [0.1, 0.15) is 147 Å². The molecule has 1 aromatic carbocycles. The molecular weight excluding hydrogens is 776 g/mol. The van der Waals surface area contributed by atoms with Crippen LogP contribution in [0.15, 0.2) is 30.3 Å². The summed E-state index contributed by atoms with van der Waals surface area (Å²) < 4.78 is 0. The van der Waals surface area contributed by atoms with Crippen molar-refractivity contribution in [2.75, 3.05) is 12.3 Å². The SMILES string of the molecule is [Cl-].[Cl-].[Pt+2].[SiH3]C(CCP(C1CCCCC1)C1CCCCC1)(CCP(C1CCCCC1)C1CCCCC1)c1ccccc1. The van der Waals surface area contributed by atoms with Gasteiger partial charge in [-0.1, -0.05) is 107 Å². The third-order valence-corrected chi connectivity index (χ3v) is 20.4. The molecule has 238 valence electrons. The predicted octanol–water partition coefficient (Wildman–Crippen LogP) is 4.33. The van der Waals surface area contributed by atoms with Crippen LogP contribution in [0.2, 0.25) is 0 Å². The van der Waals surface area contributed by atoms with Crippen LogP contribution >= 0.6 is 15.8 Å². The van der Waals surface area contributed by atoms with E-state index in [9.17, 15) is 0 Å². The van der Waals surface area contributed by atoms with Gasteiger partial charge >= 0.3 is 21.1 Å². The van der Waals surface area contributed by atoms with E-state index in [-0.39, 0.29) is 61.7 Å². The van der Waals surface area contributed by atoms with Crippen molar-refractivity contribution < 1.29 is 45.9 Å². The molecule has 41 heavy (non-hydrogen) atoms. The molecule has 0 N–H and O–H groups in total. The number of halogens is 2. The first-order valence-electron chi connectivity index (χ1n) is 17.3. The molecule has 4 saturated carbocycles. The van der Waals surface area contributed by atoms with Crippen LogP contribution in [0.5, 0.6) is 0 Å². The second kappa shape index (κ2) is 20.6. The van der Waals surface area contributed by atoms with Crippen molar-refractivity contribution in [3.63, 3.8) is 0 Å². The molecule has 0 radical (unpaired) electrons. The molecule has 0 heterocycles. The summed E-state index contributed by atoms with van der Waals surface area (Å²) in [5, 5.41) is 0.523. The van der Waals surface area contributed by atoms with E-state index >= 15 is 0 Å². The van der Waals surface area contributed by atoms with Crippen molar-refractivity contribution in [3.8, 4) is 0 Å². The third-order valence-electron chi connectivity index (χ3n) is 11.5. The third kappa shape index (κ3) is 11.4. The summed E-state index contributed by atoms with van der Waals surface area (Å²) in [5.74, 6) is 0. The van der Waals surface area contributed by atoms with Crippen molar-refractivity contribution in [1.82, 2.24) is 0 Å². The van der Waals surface area contributed by atoms with Gasteiger partial charge in [-0.3, -0.25) is 0 Å². The zero-order valence-electron chi connectivity index (χ0n) is 26.1. The van der Waals surface area contributed by atoms with Crippen molar-refractivity contribution in [2.45, 2.75) is 169 Å². The summed E-state index contributed by atoms with van der Waals surface area (Å²) in [6.07, 6.45) is 37.3. The largest absolute Gasteiger partial charge is 2.00 e. The average Bonchev–Trinajstić information content (AvgIpc) is 3.00. The number of hydrogen-bond acceptors (Lipinski definition) is 0. The smallest absolute Gasteiger partial charge is 1.00 e. The molecule has 0 aliphatic heterocycles. The molecular formula is C35H60Cl2P2PtSi. The van der Waals surface area contributed by atoms with Crippen LogP contribution in [0.25, 0.3) is 0 Å². The van der Waals surface area contributed by atoms with Crippen LogP contribution in [0.4, 0.5) is 0 Å². The fraction of sp³-hybridized carbons (Fsp3) is 0.829. The molecule has 4 aliphatic carbocycles. The Kier molecular flexibility index (Phi) is 19.5. The van der Waals surface area contributed by atoms with Gasteiger partial charge in [-0.25, -0.2) is 0 Å². The van der Waals surface area contributed by atoms with E-state index in [0.717, 1.165) is 22.6 Å². The van der Waals surface area contributed by atoms with Crippen LogP contribution in [0, 0.1) is 0 Å². The molecule has 0 unspecified atom stereocenters. The Labute approximate surface area is 287 Å². The Balaban J connectivity index is 0.00000196. The minimum atomic E-state index is 0. The molecule has 0 amide bonds. The summed E-state index contributed by atoms with van der Waals surface area (Å²) in [7, 11) is 1.79. The number of hydrogen-bond donors (Lipinski definition) is 0. The van der Waals surface area contributed by atoms with Gasteiger partial charge in [-0.2, -0.15) is 0 Å². The average molecular weight is 837 g/mol. The molecule has 0 saturated heterocycles. The first-order valence-corrected chi connectivity index (χ1v) is 21.6. The molecule has 0 atom stereocenters. The van der Waals surface area contributed by atoms with Gasteiger partial charge in [0.15, 0.2) is 0 Å². The normalized spacial score (nSPS) is 22.2. The van der Waals surface area contributed by atoms with Gasteiger partial charge in [0.1, 0.15) is 0 Å². The molecule has 6 heteroatoms. The van der Waals surface area contributed by atoms with Gasteiger partial charge in [-0.05, 0) is 110 Å². The zero-order valence-corrected chi connectivity index (χ0v) is 33.7. The molecule has 1 aromatic rings. The molecule has 4 aliphatic rings. The van der Waals surface area contributed by atoms with Crippen LogP contribution in [0.3, 0.4) is 0 Å². The standard InChI is InChI=1S/C35H60P2Si.2ClH.Pt/c38-35(30-16-6-1-7-17-30,26-28-36(31-18-8-2-9-19-31)32-20-10-3-11-21-32)27-29-37(33-22-12-4-13-23-33)34-24-14-5-15-25-34;;;/h1,6-7,16-17,31-34H,2-5,8-15,18-29H2,38H3;2*1H;/q;;;+2/p-2. The van der Waals surface area contributed by atoms with Crippen molar-refractivity contribution >= 4 is 26.1 Å². The van der Waals surface area contributed by atoms with Gasteiger partial charge in [0.05, 0.1) is 0 Å². The van der Waals surface area contributed by atoms with Gasteiger partial charge in [0.2, 0.25) is 0 Å². The van der Waals surface area contributed by atoms with E-state index in [0.29, 0.717) is 5.04 Å². The Morgan fingerprint density at radius 3 is 1.10 bits per heavy atom. The zero-order chi connectivity index (χ0) is 26.0. The molecule has 4 fully saturated rings. The maximum absolute atomic E-state index is 2.54. The first kappa shape index (κ1) is 38.7. The van der Waals surface area contributed by atoms with Crippen molar-refractivity contribution in [2.24, 2.45) is 0 Å². The van der Waals surface area contributed by atoms with Crippen LogP contribution in [-0.4, -0.2) is 45.2 Å². The van der Waals surface area contributed by atoms with E-state index < -0.39 is 0 Å². The summed E-state index contributed by atoms with van der Waals surface area (Å²) >= 11 is 0. The minimum absolute atomic E-state index is 0. The van der Waals surface area contributed by atoms with E-state index in [1.54, 1.807) is 69.3 Å². The van der Waals surface area contributed by atoms with Crippen LogP contribution < -0.4 is 24.8 Å². The maximum Gasteiger partial charge on any atom is 2.00 e. The van der Waals surface area contributed by atoms with Gasteiger partial charge < -0.3 is 24.8 Å². The van der Waals surface area contributed by atoms with Gasteiger partial charge in [0, 0.05) is 10.2 Å². The Morgan fingerprint density at radius 1 is 0.512 bits per heavy atom. The van der Waals surface area contributed by atoms with E-state index in [1.165, 1.54) is 100 Å². The molecule has 0 bridgehead atoms. The molecule has 0 spiro atoms. The number of rotatable bonds is 11. The fourth-order valence-corrected chi connectivity index (χ4v) is 18.9. The van der Waals surface area contributed by atoms with Gasteiger partial charge in [-0.15, -0.1) is 15.8 Å². The van der Waals surface area contributed by atoms with Crippen LogP contribution in [-0.2, 0) is 26.1 Å². The first-order chi connectivity index (χ1) is 18.7. The fourth-order valence-electron chi connectivity index (χ4n) is 8.98. The van der Waals surface area contributed by atoms with E-state index in [2.05, 4.69) is 30.3 Å². The Hall–Kier alpha value is 1.57. The summed E-state index contributed by atoms with van der Waals surface area (Å²) in [5.41, 5.74) is 6.20. The van der Waals surface area contributed by atoms with E-state index in [1.807, 2.05) is 0 Å². The summed E-state index contributed by atoms with van der Waals surface area (Å²) in [6.45, 7) is 0. The minimum Gasteiger partial charge on any atom is -1.00 e. The summed E-state index contributed by atoms with van der Waals surface area (Å²) in [6, 6.07) is 12.1. The topological polar surface area (TPSA) is 0 Å². The Morgan fingerprint density at radius 2 is 0.805 bits per heavy atom. The quantitative estimate of drug-likeness (QED) is 0.231. The molecule has 0 nitrogen and oxygen atoms in total. The van der Waals surface area contributed by atoms with Gasteiger partial charge in [0.25, 0.3) is 0 Å². The molecule has 5 rings (SSSR count).